The summed E-state index contributed by atoms with van der Waals surface area (Å²) in [5, 5.41) is 2.44. The summed E-state index contributed by atoms with van der Waals surface area (Å²) in [5.74, 6) is 0. The van der Waals surface area contributed by atoms with Crippen LogP contribution in [0.1, 0.15) is 18.4 Å². The van der Waals surface area contributed by atoms with Gasteiger partial charge in [-0.3, -0.25) is 0 Å². The second-order valence-electron chi connectivity index (χ2n) is 22.0. The molecule has 0 aliphatic heterocycles. The van der Waals surface area contributed by atoms with Gasteiger partial charge in [-0.05, 0) is 173 Å². The van der Waals surface area contributed by atoms with Crippen molar-refractivity contribution in [3.05, 3.63) is 351 Å². The van der Waals surface area contributed by atoms with E-state index in [1.54, 1.807) is 0 Å². The molecule has 0 atom stereocenters. The van der Waals surface area contributed by atoms with Gasteiger partial charge in [-0.25, -0.2) is 0 Å². The van der Waals surface area contributed by atoms with Crippen molar-refractivity contribution in [2.75, 3.05) is 9.80 Å². The van der Waals surface area contributed by atoms with Crippen LogP contribution in [0.15, 0.2) is 345 Å². The molecule has 0 N–H and O–H groups in total. The lowest BCUT2D eigenvalue weighted by Crippen LogP contribution is -2.18. The van der Waals surface area contributed by atoms with Gasteiger partial charge in [-0.2, -0.15) is 0 Å². The molecule has 0 saturated carbocycles. The Bertz CT molecular complexity index is 4690. The van der Waals surface area contributed by atoms with Crippen molar-refractivity contribution in [3.63, 3.8) is 0 Å². The number of rotatable bonds is 14. The van der Waals surface area contributed by atoms with Crippen LogP contribution in [0.25, 0.3) is 94.6 Å². The Morgan fingerprint density at radius 2 is 0.581 bits per heavy atom. The zero-order chi connectivity index (χ0) is 57.2. The maximum absolute atomic E-state index is 2.46. The van der Waals surface area contributed by atoms with E-state index in [9.17, 15) is 0 Å². The Kier molecular flexibility index (Phi) is 13.7. The average Bonchev–Trinajstić information content (AvgIpc) is 3.44. The highest BCUT2D eigenvalue weighted by Gasteiger charge is 2.26. The summed E-state index contributed by atoms with van der Waals surface area (Å²) < 4.78 is 4.88. The first-order valence-electron chi connectivity index (χ1n) is 29.7. The normalized spacial score (nSPS) is 12.2. The lowest BCUT2D eigenvalue weighted by atomic mass is 9.92. The predicted octanol–water partition coefficient (Wildman–Crippen LogP) is 22.3. The fourth-order valence-corrected chi connectivity index (χ4v) is 12.9. The van der Waals surface area contributed by atoms with Crippen LogP contribution in [0.4, 0.5) is 28.4 Å². The number of nitrogens with zero attached hydrogens (tertiary/aromatic N) is 4. The van der Waals surface area contributed by atoms with Crippen molar-refractivity contribution >= 4 is 55.8 Å². The highest BCUT2D eigenvalue weighted by Crippen LogP contribution is 2.47. The first-order valence-corrected chi connectivity index (χ1v) is 29.7. The van der Waals surface area contributed by atoms with Crippen LogP contribution in [0.5, 0.6) is 0 Å². The van der Waals surface area contributed by atoms with Crippen LogP contribution in [-0.2, 0) is 0 Å². The molecule has 0 bridgehead atoms. The fraction of sp³-hybridized carbons (Fsp3) is 0.0244. The minimum atomic E-state index is 0.848. The summed E-state index contributed by atoms with van der Waals surface area (Å²) in [6.07, 6.45) is 6.44. The number of hydrogen-bond donors (Lipinski definition) is 0. The van der Waals surface area contributed by atoms with E-state index in [1.807, 2.05) is 0 Å². The first-order chi connectivity index (χ1) is 42.7. The number of allylic oxidation sites excluding steroid dienone is 4. The molecule has 0 fully saturated rings. The molecular formula is C82H60N4. The zero-order valence-electron chi connectivity index (χ0n) is 47.5. The van der Waals surface area contributed by atoms with E-state index < -0.39 is 0 Å². The van der Waals surface area contributed by atoms with E-state index >= 15 is 0 Å². The molecule has 408 valence electrons. The Morgan fingerprint density at radius 3 is 1.00 bits per heavy atom. The fourth-order valence-electron chi connectivity index (χ4n) is 12.9. The number of para-hydroxylation sites is 4. The highest BCUT2D eigenvalue weighted by molar-refractivity contribution is 6.08. The van der Waals surface area contributed by atoms with E-state index in [-0.39, 0.29) is 0 Å². The molecule has 0 spiro atoms. The molecule has 14 aromatic rings. The van der Waals surface area contributed by atoms with Crippen LogP contribution in [0.2, 0.25) is 0 Å². The smallest absolute Gasteiger partial charge is 0.0619 e. The standard InChI is InChI=1S/C82H60N4/c1-9-25-61(26-10-1)79-75-57-65(45-55-77(75)85(69-37-21-7-22-38-69)81(79)63-29-13-3-14-30-63)59-41-47-71(48-42-59)84(74-53-51-73(52-54-74)83(67-33-17-5-18-34-67)68-35-19-6-20-36-68)72-49-43-60(44-50-72)66-46-56-78-76(58-66)80(62-27-11-2-12-28-62)82(64-31-15-4-16-32-64)86(78)70-39-23-8-24-40-70/h1-43,45-49,51-58H,44,50H2. The molecule has 0 unspecified atom stereocenters. The molecular weight excluding hydrogens is 1040 g/mol. The van der Waals surface area contributed by atoms with Crippen molar-refractivity contribution in [1.29, 1.82) is 0 Å². The second-order valence-corrected chi connectivity index (χ2v) is 22.0. The Morgan fingerprint density at radius 1 is 0.244 bits per heavy atom. The minimum absolute atomic E-state index is 0.848. The maximum Gasteiger partial charge on any atom is 0.0619 e. The Labute approximate surface area is 503 Å². The van der Waals surface area contributed by atoms with Gasteiger partial charge in [-0.15, -0.1) is 0 Å². The molecule has 4 heteroatoms. The van der Waals surface area contributed by atoms with Gasteiger partial charge in [0.15, 0.2) is 0 Å². The summed E-state index contributed by atoms with van der Waals surface area (Å²) in [6.45, 7) is 0. The van der Waals surface area contributed by atoms with E-state index in [2.05, 4.69) is 359 Å². The third kappa shape index (κ3) is 9.69. The average molecular weight is 1100 g/mol. The van der Waals surface area contributed by atoms with Crippen molar-refractivity contribution in [1.82, 2.24) is 9.13 Å². The summed E-state index contributed by atoms with van der Waals surface area (Å²) in [5.41, 5.74) is 25.8. The number of hydrogen-bond acceptors (Lipinski definition) is 2. The molecule has 4 nitrogen and oxygen atoms in total. The highest BCUT2D eigenvalue weighted by atomic mass is 15.2. The maximum atomic E-state index is 2.46. The monoisotopic (exact) mass is 1100 g/mol. The third-order valence-corrected chi connectivity index (χ3v) is 16.8. The van der Waals surface area contributed by atoms with Gasteiger partial charge in [-0.1, -0.05) is 224 Å². The summed E-state index contributed by atoms with van der Waals surface area (Å²) in [7, 11) is 0. The molecule has 1 aliphatic rings. The number of anilines is 5. The minimum Gasteiger partial charge on any atom is -0.314 e. The van der Waals surface area contributed by atoms with Gasteiger partial charge >= 0.3 is 0 Å². The van der Waals surface area contributed by atoms with Gasteiger partial charge in [0.2, 0.25) is 0 Å². The van der Waals surface area contributed by atoms with Gasteiger partial charge in [0.1, 0.15) is 0 Å². The van der Waals surface area contributed by atoms with Gasteiger partial charge in [0.05, 0.1) is 22.4 Å². The lowest BCUT2D eigenvalue weighted by Gasteiger charge is -2.31. The van der Waals surface area contributed by atoms with Crippen LogP contribution in [0, 0.1) is 0 Å². The van der Waals surface area contributed by atoms with E-state index in [0.717, 1.165) is 69.3 Å². The van der Waals surface area contributed by atoms with Crippen molar-refractivity contribution in [3.8, 4) is 67.3 Å². The molecule has 2 heterocycles. The largest absolute Gasteiger partial charge is 0.314 e. The van der Waals surface area contributed by atoms with E-state index in [1.165, 1.54) is 77.9 Å². The SMILES string of the molecule is C1=C(c2ccc3c(c2)c(-c2ccccc2)c(-c2ccccc2)n3-c2ccccc2)CCC(N(c2ccc(-c3ccc4c(c3)c(-c3ccccc3)c(-c3ccccc3)n4-c3ccccc3)cc2)c2ccc(N(c3ccccc3)c3ccccc3)cc2)=C1. The molecule has 1 aliphatic carbocycles. The topological polar surface area (TPSA) is 16.3 Å². The Balaban J connectivity index is 0.846. The quantitative estimate of drug-likeness (QED) is 0.108. The predicted molar refractivity (Wildman–Crippen MR) is 362 cm³/mol. The molecule has 86 heavy (non-hydrogen) atoms. The lowest BCUT2D eigenvalue weighted by molar-refractivity contribution is 0.930. The van der Waals surface area contributed by atoms with Crippen molar-refractivity contribution < 1.29 is 0 Å². The summed E-state index contributed by atoms with van der Waals surface area (Å²) in [6, 6.07) is 119. The Hall–Kier alpha value is -11.2. The molecule has 15 rings (SSSR count). The van der Waals surface area contributed by atoms with E-state index in [0.29, 0.717) is 0 Å². The summed E-state index contributed by atoms with van der Waals surface area (Å²) in [4.78, 5) is 4.79. The number of aromatic nitrogens is 2. The van der Waals surface area contributed by atoms with Crippen LogP contribution >= 0.6 is 0 Å². The zero-order valence-corrected chi connectivity index (χ0v) is 47.5. The first kappa shape index (κ1) is 51.7. The van der Waals surface area contributed by atoms with Gasteiger partial charge in [0, 0.05) is 67.4 Å². The molecule has 12 aromatic carbocycles. The molecule has 0 amide bonds. The third-order valence-electron chi connectivity index (χ3n) is 16.8. The number of fused-ring (bicyclic) bond motifs is 2. The van der Waals surface area contributed by atoms with Crippen LogP contribution in [-0.4, -0.2) is 9.13 Å². The van der Waals surface area contributed by atoms with Crippen molar-refractivity contribution in [2.45, 2.75) is 12.8 Å². The van der Waals surface area contributed by atoms with Gasteiger partial charge < -0.3 is 18.9 Å². The van der Waals surface area contributed by atoms with Crippen molar-refractivity contribution in [2.24, 2.45) is 0 Å². The van der Waals surface area contributed by atoms with Crippen LogP contribution in [0.3, 0.4) is 0 Å². The molecule has 2 aromatic heterocycles. The van der Waals surface area contributed by atoms with E-state index in [4.69, 9.17) is 0 Å². The van der Waals surface area contributed by atoms with Gasteiger partial charge in [0.25, 0.3) is 0 Å². The number of benzene rings is 12. The molecule has 0 radical (unpaired) electrons. The second kappa shape index (κ2) is 22.9. The molecule has 0 saturated heterocycles. The van der Waals surface area contributed by atoms with Crippen LogP contribution < -0.4 is 9.80 Å². The summed E-state index contributed by atoms with van der Waals surface area (Å²) >= 11 is 0.